The van der Waals surface area contributed by atoms with Gasteiger partial charge in [-0.15, -0.1) is 11.8 Å². The van der Waals surface area contributed by atoms with Gasteiger partial charge in [-0.05, 0) is 25.3 Å². The number of carboxylic acids is 1. The van der Waals surface area contributed by atoms with Crippen LogP contribution in [0, 0.1) is 6.92 Å². The van der Waals surface area contributed by atoms with E-state index in [-0.39, 0.29) is 11.7 Å². The van der Waals surface area contributed by atoms with Crippen LogP contribution >= 0.6 is 11.8 Å². The molecule has 126 valence electrons. The lowest BCUT2D eigenvalue weighted by molar-refractivity contribution is -0.134. The second kappa shape index (κ2) is 8.36. The maximum atomic E-state index is 12.8. The van der Waals surface area contributed by atoms with E-state index in [1.165, 1.54) is 17.3 Å². The average molecular weight is 337 g/mol. The number of thioether (sulfide) groups is 1. The van der Waals surface area contributed by atoms with Gasteiger partial charge in [0.05, 0.1) is 11.2 Å². The largest absolute Gasteiger partial charge is 0.481 e. The van der Waals surface area contributed by atoms with Crippen molar-refractivity contribution >= 4 is 23.6 Å². The Morgan fingerprint density at radius 2 is 1.91 bits per heavy atom. The van der Waals surface area contributed by atoms with Crippen molar-refractivity contribution in [1.29, 1.82) is 0 Å². The molecule has 0 aliphatic carbocycles. The Bertz CT molecular complexity index is 538. The SMILES string of the molecule is Cc1ccc(C2(C(=O)NCCSCC(=O)O)CCOCC2)cc1. The van der Waals surface area contributed by atoms with Crippen LogP contribution in [0.4, 0.5) is 0 Å². The summed E-state index contributed by atoms with van der Waals surface area (Å²) in [6.07, 6.45) is 1.34. The van der Waals surface area contributed by atoms with Gasteiger partial charge in [0.2, 0.25) is 5.91 Å². The first-order chi connectivity index (χ1) is 11.0. The molecule has 0 radical (unpaired) electrons. The van der Waals surface area contributed by atoms with Gasteiger partial charge in [0.25, 0.3) is 0 Å². The van der Waals surface area contributed by atoms with Crippen molar-refractivity contribution < 1.29 is 19.4 Å². The molecule has 1 aliphatic rings. The molecular formula is C17H23NO4S. The molecule has 1 saturated heterocycles. The van der Waals surface area contributed by atoms with Crippen molar-refractivity contribution in [2.75, 3.05) is 31.3 Å². The minimum Gasteiger partial charge on any atom is -0.481 e. The van der Waals surface area contributed by atoms with Gasteiger partial charge in [-0.25, -0.2) is 0 Å². The fraction of sp³-hybridized carbons (Fsp3) is 0.529. The molecule has 2 N–H and O–H groups in total. The second-order valence-electron chi connectivity index (χ2n) is 5.76. The second-order valence-corrected chi connectivity index (χ2v) is 6.87. The number of carbonyl (C=O) groups is 2. The van der Waals surface area contributed by atoms with E-state index in [0.717, 1.165) is 5.56 Å². The Hall–Kier alpha value is -1.53. The quantitative estimate of drug-likeness (QED) is 0.744. The number of benzene rings is 1. The van der Waals surface area contributed by atoms with Crippen LogP contribution in [0.5, 0.6) is 0 Å². The highest BCUT2D eigenvalue weighted by Crippen LogP contribution is 2.35. The monoisotopic (exact) mass is 337 g/mol. The fourth-order valence-electron chi connectivity index (χ4n) is 2.80. The Labute approximate surface area is 140 Å². The zero-order valence-electron chi connectivity index (χ0n) is 13.3. The Kier molecular flexibility index (Phi) is 6.47. The summed E-state index contributed by atoms with van der Waals surface area (Å²) in [4.78, 5) is 23.3. The van der Waals surface area contributed by atoms with Crippen LogP contribution in [0.2, 0.25) is 0 Å². The summed E-state index contributed by atoms with van der Waals surface area (Å²) < 4.78 is 5.44. The zero-order chi connectivity index (χ0) is 16.7. The van der Waals surface area contributed by atoms with E-state index in [0.29, 0.717) is 38.4 Å². The minimum absolute atomic E-state index is 0.0144. The summed E-state index contributed by atoms with van der Waals surface area (Å²) >= 11 is 1.31. The van der Waals surface area contributed by atoms with E-state index in [2.05, 4.69) is 5.32 Å². The van der Waals surface area contributed by atoms with Crippen LogP contribution in [0.1, 0.15) is 24.0 Å². The molecule has 23 heavy (non-hydrogen) atoms. The number of ether oxygens (including phenoxy) is 1. The summed E-state index contributed by atoms with van der Waals surface area (Å²) in [6, 6.07) is 8.11. The number of aryl methyl sites for hydroxylation is 1. The third-order valence-corrected chi connectivity index (χ3v) is 5.09. The molecule has 6 heteroatoms. The molecule has 0 aromatic heterocycles. The number of hydrogen-bond acceptors (Lipinski definition) is 4. The molecule has 0 spiro atoms. The third-order valence-electron chi connectivity index (χ3n) is 4.14. The van der Waals surface area contributed by atoms with Crippen LogP contribution in [-0.4, -0.2) is 48.2 Å². The number of amides is 1. The summed E-state index contributed by atoms with van der Waals surface area (Å²) in [5, 5.41) is 11.6. The number of carbonyl (C=O) groups excluding carboxylic acids is 1. The predicted octanol–water partition coefficient (Wildman–Crippen LogP) is 1.98. The van der Waals surface area contributed by atoms with Gasteiger partial charge in [-0.2, -0.15) is 0 Å². The van der Waals surface area contributed by atoms with E-state index in [9.17, 15) is 9.59 Å². The maximum absolute atomic E-state index is 12.8. The number of rotatable bonds is 7. The number of carboxylic acid groups (broad SMARTS) is 1. The summed E-state index contributed by atoms with van der Waals surface area (Å²) in [6.45, 7) is 3.66. The number of aliphatic carboxylic acids is 1. The summed E-state index contributed by atoms with van der Waals surface area (Å²) in [7, 11) is 0. The van der Waals surface area contributed by atoms with Gasteiger partial charge in [-0.1, -0.05) is 29.8 Å². The van der Waals surface area contributed by atoms with Gasteiger partial charge in [-0.3, -0.25) is 9.59 Å². The average Bonchev–Trinajstić information content (AvgIpc) is 2.55. The highest BCUT2D eigenvalue weighted by atomic mass is 32.2. The Balaban J connectivity index is 2.01. The van der Waals surface area contributed by atoms with Crippen LogP contribution in [0.15, 0.2) is 24.3 Å². The molecule has 1 heterocycles. The van der Waals surface area contributed by atoms with Gasteiger partial charge < -0.3 is 15.2 Å². The van der Waals surface area contributed by atoms with E-state index in [1.807, 2.05) is 31.2 Å². The van der Waals surface area contributed by atoms with Crippen molar-refractivity contribution in [3.8, 4) is 0 Å². The molecule has 1 amide bonds. The Morgan fingerprint density at radius 1 is 1.26 bits per heavy atom. The molecule has 0 bridgehead atoms. The van der Waals surface area contributed by atoms with Crippen LogP contribution in [0.25, 0.3) is 0 Å². The Morgan fingerprint density at radius 3 is 2.52 bits per heavy atom. The molecule has 5 nitrogen and oxygen atoms in total. The van der Waals surface area contributed by atoms with Gasteiger partial charge in [0.15, 0.2) is 0 Å². The minimum atomic E-state index is -0.832. The molecule has 1 aromatic carbocycles. The van der Waals surface area contributed by atoms with Crippen molar-refractivity contribution in [3.05, 3.63) is 35.4 Å². The molecule has 1 aliphatic heterocycles. The van der Waals surface area contributed by atoms with Crippen LogP contribution in [-0.2, 0) is 19.7 Å². The van der Waals surface area contributed by atoms with E-state index >= 15 is 0 Å². The maximum Gasteiger partial charge on any atom is 0.313 e. The fourth-order valence-corrected chi connectivity index (χ4v) is 3.37. The molecule has 0 atom stereocenters. The van der Waals surface area contributed by atoms with Gasteiger partial charge in [0.1, 0.15) is 0 Å². The first-order valence-electron chi connectivity index (χ1n) is 7.77. The van der Waals surface area contributed by atoms with Crippen molar-refractivity contribution in [3.63, 3.8) is 0 Å². The lowest BCUT2D eigenvalue weighted by Crippen LogP contribution is -2.48. The van der Waals surface area contributed by atoms with E-state index < -0.39 is 11.4 Å². The number of hydrogen-bond donors (Lipinski definition) is 2. The normalized spacial score (nSPS) is 16.7. The topological polar surface area (TPSA) is 75.6 Å². The molecule has 0 saturated carbocycles. The smallest absolute Gasteiger partial charge is 0.313 e. The van der Waals surface area contributed by atoms with Gasteiger partial charge >= 0.3 is 5.97 Å². The molecule has 1 fully saturated rings. The van der Waals surface area contributed by atoms with Crippen molar-refractivity contribution in [1.82, 2.24) is 5.32 Å². The van der Waals surface area contributed by atoms with Crippen molar-refractivity contribution in [2.24, 2.45) is 0 Å². The van der Waals surface area contributed by atoms with Crippen LogP contribution < -0.4 is 5.32 Å². The van der Waals surface area contributed by atoms with E-state index in [1.54, 1.807) is 0 Å². The predicted molar refractivity (Wildman–Crippen MR) is 90.9 cm³/mol. The molecule has 2 rings (SSSR count). The number of nitrogens with one attached hydrogen (secondary N) is 1. The first-order valence-corrected chi connectivity index (χ1v) is 8.93. The van der Waals surface area contributed by atoms with Gasteiger partial charge in [0, 0.05) is 25.5 Å². The molecule has 1 aromatic rings. The summed E-state index contributed by atoms with van der Waals surface area (Å²) in [5.74, 6) is -0.159. The third kappa shape index (κ3) is 4.72. The standard InChI is InChI=1S/C17H23NO4S/c1-13-2-4-14(5-3-13)17(6-9-22-10-7-17)16(21)18-8-11-23-12-15(19)20/h2-5H,6-12H2,1H3,(H,18,21)(H,19,20). The highest BCUT2D eigenvalue weighted by molar-refractivity contribution is 7.99. The lowest BCUT2D eigenvalue weighted by Gasteiger charge is -2.36. The lowest BCUT2D eigenvalue weighted by atomic mass is 9.73. The zero-order valence-corrected chi connectivity index (χ0v) is 14.2. The highest BCUT2D eigenvalue weighted by Gasteiger charge is 2.41. The molecule has 0 unspecified atom stereocenters. The van der Waals surface area contributed by atoms with Crippen LogP contribution in [0.3, 0.4) is 0 Å². The van der Waals surface area contributed by atoms with E-state index in [4.69, 9.17) is 9.84 Å². The van der Waals surface area contributed by atoms with Crippen molar-refractivity contribution in [2.45, 2.75) is 25.2 Å². The summed E-state index contributed by atoms with van der Waals surface area (Å²) in [5.41, 5.74) is 1.66. The molecular weight excluding hydrogens is 314 g/mol. The first kappa shape index (κ1) is 17.8.